The fourth-order valence-electron chi connectivity index (χ4n) is 1.82. The van der Waals surface area contributed by atoms with Crippen molar-refractivity contribution in [2.45, 2.75) is 38.1 Å². The van der Waals surface area contributed by atoms with Gasteiger partial charge < -0.3 is 10.2 Å². The number of aliphatic hydroxyl groups is 2. The highest BCUT2D eigenvalue weighted by atomic mass is 16.3. The number of aliphatic hydroxyl groups excluding tert-OH is 2. The van der Waals surface area contributed by atoms with Crippen molar-refractivity contribution in [1.29, 1.82) is 0 Å². The largest absolute Gasteiger partial charge is 0.389 e. The first kappa shape index (κ1) is 10.4. The minimum absolute atomic E-state index is 0.590. The lowest BCUT2D eigenvalue weighted by atomic mass is 10.2. The van der Waals surface area contributed by atoms with Crippen LogP contribution in [0, 0.1) is 0 Å². The first-order valence-corrected chi connectivity index (χ1v) is 5.42. The second-order valence-electron chi connectivity index (χ2n) is 4.74. The molecule has 0 spiro atoms. The molecule has 0 saturated carbocycles. The zero-order valence-electron chi connectivity index (χ0n) is 8.93. The molecule has 0 aromatic heterocycles. The molecule has 2 saturated heterocycles. The molecule has 0 aromatic rings. The lowest BCUT2D eigenvalue weighted by Crippen LogP contribution is -2.37. The van der Waals surface area contributed by atoms with Crippen LogP contribution < -0.4 is 0 Å². The van der Waals surface area contributed by atoms with Gasteiger partial charge >= 0.3 is 0 Å². The van der Waals surface area contributed by atoms with E-state index in [0.29, 0.717) is 25.2 Å². The van der Waals surface area contributed by atoms with Crippen molar-refractivity contribution in [3.8, 4) is 0 Å². The fourth-order valence-corrected chi connectivity index (χ4v) is 1.82. The molecule has 0 aromatic carbocycles. The summed E-state index contributed by atoms with van der Waals surface area (Å²) in [4.78, 5) is 4.33. The van der Waals surface area contributed by atoms with E-state index >= 15 is 0 Å². The Labute approximate surface area is 85.1 Å². The molecule has 0 amide bonds. The Morgan fingerprint density at radius 3 is 1.50 bits per heavy atom. The predicted octanol–water partition coefficient (Wildman–Crippen LogP) is -0.884. The van der Waals surface area contributed by atoms with Crippen LogP contribution in [0.5, 0.6) is 0 Å². The zero-order chi connectivity index (χ0) is 10.3. The van der Waals surface area contributed by atoms with E-state index in [1.54, 1.807) is 0 Å². The van der Waals surface area contributed by atoms with Crippen molar-refractivity contribution in [2.75, 3.05) is 26.2 Å². The average molecular weight is 200 g/mol. The molecular weight excluding hydrogens is 180 g/mol. The van der Waals surface area contributed by atoms with E-state index in [-0.39, 0.29) is 0 Å². The maximum absolute atomic E-state index is 9.69. The van der Waals surface area contributed by atoms with Gasteiger partial charge in [-0.05, 0) is 13.8 Å². The molecule has 4 heteroatoms. The molecule has 2 unspecified atom stereocenters. The number of nitrogens with zero attached hydrogens (tertiary/aromatic N) is 2. The smallest absolute Gasteiger partial charge is 0.0938 e. The number of β-amino-alcohol motifs (C(OH)–C–C–N with tert-alkyl or cyclic N) is 2. The van der Waals surface area contributed by atoms with E-state index in [0.717, 1.165) is 13.1 Å². The van der Waals surface area contributed by atoms with E-state index in [1.807, 2.05) is 0 Å². The van der Waals surface area contributed by atoms with Crippen LogP contribution in [0.3, 0.4) is 0 Å². The van der Waals surface area contributed by atoms with E-state index < -0.39 is 12.2 Å². The van der Waals surface area contributed by atoms with Crippen LogP contribution in [-0.4, -0.2) is 70.5 Å². The van der Waals surface area contributed by atoms with Crippen molar-refractivity contribution in [3.63, 3.8) is 0 Å². The maximum atomic E-state index is 9.69. The molecule has 0 radical (unpaired) electrons. The summed E-state index contributed by atoms with van der Waals surface area (Å²) < 4.78 is 0. The Morgan fingerprint density at radius 2 is 1.29 bits per heavy atom. The van der Waals surface area contributed by atoms with Crippen LogP contribution in [0.1, 0.15) is 13.8 Å². The second kappa shape index (κ2) is 3.77. The minimum atomic E-state index is -0.590. The molecule has 4 nitrogen and oxygen atoms in total. The van der Waals surface area contributed by atoms with Gasteiger partial charge in [0.05, 0.1) is 12.2 Å². The van der Waals surface area contributed by atoms with Gasteiger partial charge in [0.1, 0.15) is 0 Å². The highest BCUT2D eigenvalue weighted by molar-refractivity contribution is 4.91. The zero-order valence-corrected chi connectivity index (χ0v) is 8.93. The van der Waals surface area contributed by atoms with E-state index in [2.05, 4.69) is 23.6 Å². The van der Waals surface area contributed by atoms with Gasteiger partial charge in [-0.3, -0.25) is 9.80 Å². The summed E-state index contributed by atoms with van der Waals surface area (Å²) in [5.74, 6) is 0. The topological polar surface area (TPSA) is 46.5 Å². The van der Waals surface area contributed by atoms with Crippen LogP contribution in [0.2, 0.25) is 0 Å². The molecule has 2 aliphatic rings. The van der Waals surface area contributed by atoms with Crippen LogP contribution in [0.15, 0.2) is 0 Å². The molecule has 6 atom stereocenters. The number of hydrogen-bond acceptors (Lipinski definition) is 4. The fraction of sp³-hybridized carbons (Fsp3) is 1.00. The Morgan fingerprint density at radius 1 is 1.00 bits per heavy atom. The van der Waals surface area contributed by atoms with Crippen molar-refractivity contribution in [1.82, 2.24) is 9.80 Å². The molecule has 0 bridgehead atoms. The highest BCUT2D eigenvalue weighted by Gasteiger charge is 2.36. The van der Waals surface area contributed by atoms with Crippen LogP contribution in [0.25, 0.3) is 0 Å². The Kier molecular flexibility index (Phi) is 2.79. The van der Waals surface area contributed by atoms with E-state index in [1.165, 1.54) is 0 Å². The second-order valence-corrected chi connectivity index (χ2v) is 4.74. The molecule has 2 aliphatic heterocycles. The summed E-state index contributed by atoms with van der Waals surface area (Å²) in [6, 6.07) is 1.19. The number of hydrogen-bond donors (Lipinski definition) is 2. The van der Waals surface area contributed by atoms with Crippen molar-refractivity contribution in [2.24, 2.45) is 0 Å². The summed E-state index contributed by atoms with van der Waals surface area (Å²) in [5, 5.41) is 19.4. The lowest BCUT2D eigenvalue weighted by molar-refractivity contribution is 0.00356. The third-order valence-corrected chi connectivity index (χ3v) is 3.26. The summed E-state index contributed by atoms with van der Waals surface area (Å²) in [6.45, 7) is 7.61. The number of rotatable bonds is 5. The van der Waals surface area contributed by atoms with Crippen LogP contribution >= 0.6 is 0 Å². The molecule has 14 heavy (non-hydrogen) atoms. The van der Waals surface area contributed by atoms with Crippen molar-refractivity contribution in [3.05, 3.63) is 0 Å². The van der Waals surface area contributed by atoms with Crippen LogP contribution in [0.4, 0.5) is 0 Å². The normalized spacial score (nSPS) is 44.6. The Bertz CT molecular complexity index is 190. The van der Waals surface area contributed by atoms with Crippen molar-refractivity contribution < 1.29 is 10.2 Å². The Balaban J connectivity index is 1.65. The summed E-state index contributed by atoms with van der Waals surface area (Å²) in [7, 11) is 0. The van der Waals surface area contributed by atoms with E-state index in [4.69, 9.17) is 0 Å². The van der Waals surface area contributed by atoms with Gasteiger partial charge in [0, 0.05) is 38.3 Å². The van der Waals surface area contributed by atoms with Gasteiger partial charge in [0.25, 0.3) is 0 Å². The van der Waals surface area contributed by atoms with Crippen molar-refractivity contribution >= 4 is 0 Å². The monoisotopic (exact) mass is 200 g/mol. The summed E-state index contributed by atoms with van der Waals surface area (Å²) in [6.07, 6.45) is -1.18. The SMILES string of the molecule is C[C@@H]1CN1C[C@H](O)[C@H](O)CN1C[C@@H]1C. The first-order valence-electron chi connectivity index (χ1n) is 5.42. The molecular formula is C10H20N2O2. The quantitative estimate of drug-likeness (QED) is 0.566. The third-order valence-electron chi connectivity index (χ3n) is 3.26. The molecule has 2 N–H and O–H groups in total. The van der Waals surface area contributed by atoms with Gasteiger partial charge in [-0.1, -0.05) is 0 Å². The summed E-state index contributed by atoms with van der Waals surface area (Å²) in [5.41, 5.74) is 0. The maximum Gasteiger partial charge on any atom is 0.0938 e. The standard InChI is InChI=1S/C10H20N2O2/c1-7-3-11(7)5-9(13)10(14)6-12-4-8(12)2/h7-10,13-14H,3-6H2,1-2H3/t7-,8+,9+,10-,11?,12?. The van der Waals surface area contributed by atoms with E-state index in [9.17, 15) is 10.2 Å². The molecule has 2 heterocycles. The third kappa shape index (κ3) is 2.45. The van der Waals surface area contributed by atoms with Gasteiger partial charge in [0.15, 0.2) is 0 Å². The summed E-state index contributed by atoms with van der Waals surface area (Å²) >= 11 is 0. The molecule has 2 rings (SSSR count). The first-order chi connectivity index (χ1) is 6.58. The molecule has 82 valence electrons. The minimum Gasteiger partial charge on any atom is -0.389 e. The van der Waals surface area contributed by atoms with Gasteiger partial charge in [0.2, 0.25) is 0 Å². The lowest BCUT2D eigenvalue weighted by Gasteiger charge is -2.18. The highest BCUT2D eigenvalue weighted by Crippen LogP contribution is 2.19. The molecule has 2 fully saturated rings. The Hall–Kier alpha value is -0.160. The predicted molar refractivity (Wildman–Crippen MR) is 54.1 cm³/mol. The van der Waals surface area contributed by atoms with Gasteiger partial charge in [-0.2, -0.15) is 0 Å². The average Bonchev–Trinajstić information content (AvgIpc) is 2.96. The van der Waals surface area contributed by atoms with Gasteiger partial charge in [-0.25, -0.2) is 0 Å². The molecule has 0 aliphatic carbocycles. The van der Waals surface area contributed by atoms with Crippen LogP contribution in [-0.2, 0) is 0 Å². The van der Waals surface area contributed by atoms with Gasteiger partial charge in [-0.15, -0.1) is 0 Å².